The second-order valence-corrected chi connectivity index (χ2v) is 6.21. The Hall–Kier alpha value is -3.74. The molecule has 1 heterocycles. The molecule has 0 saturated heterocycles. The van der Waals surface area contributed by atoms with Crippen LogP contribution in [0.25, 0.3) is 0 Å². The Morgan fingerprint density at radius 3 is 2.54 bits per heavy atom. The molecule has 0 aromatic heterocycles. The SMILES string of the molecule is C=CCN1C(=O)c2ccc(C(=O)OCC(=O)Nc3ccccc3C)cc2C1=O. The molecule has 1 aliphatic heterocycles. The maximum absolute atomic E-state index is 12.3. The van der Waals surface area contributed by atoms with E-state index in [-0.39, 0.29) is 23.2 Å². The standard InChI is InChI=1S/C21H18N2O5/c1-3-10-23-19(25)15-9-8-14(11-16(15)20(23)26)21(27)28-12-18(24)22-17-7-5-4-6-13(17)2/h3-9,11H,1,10,12H2,2H3,(H,22,24). The number of ether oxygens (including phenoxy) is 1. The van der Waals surface area contributed by atoms with Crippen LogP contribution >= 0.6 is 0 Å². The van der Waals surface area contributed by atoms with Gasteiger partial charge in [-0.25, -0.2) is 4.79 Å². The number of anilines is 1. The fraction of sp³-hybridized carbons (Fsp3) is 0.143. The van der Waals surface area contributed by atoms with Gasteiger partial charge in [0.2, 0.25) is 0 Å². The van der Waals surface area contributed by atoms with E-state index in [4.69, 9.17) is 4.74 Å². The summed E-state index contributed by atoms with van der Waals surface area (Å²) in [6, 6.07) is 11.3. The lowest BCUT2D eigenvalue weighted by atomic mass is 10.1. The van der Waals surface area contributed by atoms with Gasteiger partial charge in [-0.15, -0.1) is 6.58 Å². The van der Waals surface area contributed by atoms with Crippen LogP contribution in [0.5, 0.6) is 0 Å². The molecule has 7 heteroatoms. The Kier molecular flexibility index (Phi) is 5.35. The molecule has 1 aliphatic rings. The molecule has 0 aliphatic carbocycles. The molecule has 3 amide bonds. The van der Waals surface area contributed by atoms with Crippen LogP contribution in [-0.4, -0.2) is 41.7 Å². The summed E-state index contributed by atoms with van der Waals surface area (Å²) in [7, 11) is 0. The molecule has 2 aromatic rings. The van der Waals surface area contributed by atoms with Gasteiger partial charge in [0, 0.05) is 12.2 Å². The van der Waals surface area contributed by atoms with E-state index in [9.17, 15) is 19.2 Å². The number of imide groups is 1. The normalized spacial score (nSPS) is 12.5. The minimum Gasteiger partial charge on any atom is -0.452 e. The van der Waals surface area contributed by atoms with Crippen LogP contribution in [0.2, 0.25) is 0 Å². The minimum absolute atomic E-state index is 0.0871. The van der Waals surface area contributed by atoms with Crippen molar-refractivity contribution in [1.29, 1.82) is 0 Å². The van der Waals surface area contributed by atoms with Crippen LogP contribution in [-0.2, 0) is 9.53 Å². The predicted molar refractivity (Wildman–Crippen MR) is 102 cm³/mol. The highest BCUT2D eigenvalue weighted by atomic mass is 16.5. The van der Waals surface area contributed by atoms with Crippen LogP contribution in [0.4, 0.5) is 5.69 Å². The van der Waals surface area contributed by atoms with Crippen molar-refractivity contribution < 1.29 is 23.9 Å². The van der Waals surface area contributed by atoms with Crippen molar-refractivity contribution in [2.24, 2.45) is 0 Å². The van der Waals surface area contributed by atoms with Gasteiger partial charge in [0.1, 0.15) is 0 Å². The van der Waals surface area contributed by atoms with Crippen LogP contribution in [0.1, 0.15) is 36.6 Å². The van der Waals surface area contributed by atoms with E-state index in [0.29, 0.717) is 5.69 Å². The fourth-order valence-corrected chi connectivity index (χ4v) is 2.83. The summed E-state index contributed by atoms with van der Waals surface area (Å²) in [6.07, 6.45) is 1.45. The van der Waals surface area contributed by atoms with Gasteiger partial charge in [0.15, 0.2) is 6.61 Å². The van der Waals surface area contributed by atoms with Crippen molar-refractivity contribution in [3.8, 4) is 0 Å². The van der Waals surface area contributed by atoms with E-state index >= 15 is 0 Å². The number of para-hydroxylation sites is 1. The average molecular weight is 378 g/mol. The number of amides is 3. The van der Waals surface area contributed by atoms with Crippen molar-refractivity contribution in [2.75, 3.05) is 18.5 Å². The molecular weight excluding hydrogens is 360 g/mol. The van der Waals surface area contributed by atoms with Gasteiger partial charge in [-0.2, -0.15) is 0 Å². The Labute approximate surface area is 161 Å². The average Bonchev–Trinajstić information content (AvgIpc) is 2.92. The quantitative estimate of drug-likeness (QED) is 0.474. The summed E-state index contributed by atoms with van der Waals surface area (Å²) >= 11 is 0. The van der Waals surface area contributed by atoms with E-state index in [1.807, 2.05) is 19.1 Å². The number of hydrogen-bond acceptors (Lipinski definition) is 5. The highest BCUT2D eigenvalue weighted by Gasteiger charge is 2.35. The molecule has 7 nitrogen and oxygen atoms in total. The number of fused-ring (bicyclic) bond motifs is 1. The van der Waals surface area contributed by atoms with E-state index in [1.54, 1.807) is 12.1 Å². The number of carbonyl (C=O) groups is 4. The third-order valence-electron chi connectivity index (χ3n) is 4.27. The fourth-order valence-electron chi connectivity index (χ4n) is 2.83. The van der Waals surface area contributed by atoms with E-state index in [2.05, 4.69) is 11.9 Å². The minimum atomic E-state index is -0.759. The summed E-state index contributed by atoms with van der Waals surface area (Å²) in [6.45, 7) is 4.98. The Morgan fingerprint density at radius 1 is 1.11 bits per heavy atom. The van der Waals surface area contributed by atoms with Crippen molar-refractivity contribution in [2.45, 2.75) is 6.92 Å². The molecule has 1 N–H and O–H groups in total. The van der Waals surface area contributed by atoms with E-state index in [1.165, 1.54) is 24.3 Å². The monoisotopic (exact) mass is 378 g/mol. The number of hydrogen-bond donors (Lipinski definition) is 1. The maximum Gasteiger partial charge on any atom is 0.338 e. The number of rotatable bonds is 6. The zero-order valence-electron chi connectivity index (χ0n) is 15.2. The van der Waals surface area contributed by atoms with Crippen LogP contribution in [0.3, 0.4) is 0 Å². The Bertz CT molecular complexity index is 996. The van der Waals surface area contributed by atoms with Crippen molar-refractivity contribution in [3.63, 3.8) is 0 Å². The first-order chi connectivity index (χ1) is 13.4. The first-order valence-corrected chi connectivity index (χ1v) is 8.56. The van der Waals surface area contributed by atoms with Crippen molar-refractivity contribution in [3.05, 3.63) is 77.4 Å². The van der Waals surface area contributed by atoms with Crippen molar-refractivity contribution in [1.82, 2.24) is 4.90 Å². The third kappa shape index (κ3) is 3.68. The maximum atomic E-state index is 12.3. The van der Waals surface area contributed by atoms with Gasteiger partial charge in [0.05, 0.1) is 16.7 Å². The lowest BCUT2D eigenvalue weighted by molar-refractivity contribution is -0.119. The predicted octanol–water partition coefficient (Wildman–Crippen LogP) is 2.57. The molecular formula is C21H18N2O5. The molecule has 142 valence electrons. The van der Waals surface area contributed by atoms with E-state index in [0.717, 1.165) is 10.5 Å². The first-order valence-electron chi connectivity index (χ1n) is 8.56. The van der Waals surface area contributed by atoms with Crippen molar-refractivity contribution >= 4 is 29.4 Å². The number of nitrogens with zero attached hydrogens (tertiary/aromatic N) is 1. The van der Waals surface area contributed by atoms with Crippen LogP contribution < -0.4 is 5.32 Å². The lowest BCUT2D eigenvalue weighted by Gasteiger charge is -2.09. The molecule has 0 spiro atoms. The molecule has 28 heavy (non-hydrogen) atoms. The highest BCUT2D eigenvalue weighted by molar-refractivity contribution is 6.22. The smallest absolute Gasteiger partial charge is 0.338 e. The number of nitrogens with one attached hydrogen (secondary N) is 1. The summed E-state index contributed by atoms with van der Waals surface area (Å²) in [4.78, 5) is 49.8. The first kappa shape index (κ1) is 19.0. The molecule has 0 bridgehead atoms. The number of aryl methyl sites for hydroxylation is 1. The Balaban J connectivity index is 1.65. The zero-order valence-corrected chi connectivity index (χ0v) is 15.2. The van der Waals surface area contributed by atoms with Gasteiger partial charge < -0.3 is 10.1 Å². The van der Waals surface area contributed by atoms with Gasteiger partial charge >= 0.3 is 5.97 Å². The number of benzene rings is 2. The summed E-state index contributed by atoms with van der Waals surface area (Å²) < 4.78 is 5.02. The molecule has 0 saturated carbocycles. The molecule has 0 unspecified atom stereocenters. The van der Waals surface area contributed by atoms with Gasteiger partial charge in [0.25, 0.3) is 17.7 Å². The summed E-state index contributed by atoms with van der Waals surface area (Å²) in [5.41, 5.74) is 1.95. The molecule has 0 radical (unpaired) electrons. The number of carbonyl (C=O) groups excluding carboxylic acids is 4. The summed E-state index contributed by atoms with van der Waals surface area (Å²) in [5, 5.41) is 2.66. The summed E-state index contributed by atoms with van der Waals surface area (Å²) in [5.74, 6) is -2.17. The largest absolute Gasteiger partial charge is 0.452 e. The third-order valence-corrected chi connectivity index (χ3v) is 4.27. The highest BCUT2D eigenvalue weighted by Crippen LogP contribution is 2.24. The molecule has 0 atom stereocenters. The van der Waals surface area contributed by atoms with E-state index < -0.39 is 30.3 Å². The van der Waals surface area contributed by atoms with Crippen LogP contribution in [0.15, 0.2) is 55.1 Å². The van der Waals surface area contributed by atoms with Gasteiger partial charge in [-0.1, -0.05) is 24.3 Å². The van der Waals surface area contributed by atoms with Crippen LogP contribution in [0, 0.1) is 6.92 Å². The van der Waals surface area contributed by atoms with Gasteiger partial charge in [-0.3, -0.25) is 19.3 Å². The second-order valence-electron chi connectivity index (χ2n) is 6.21. The topological polar surface area (TPSA) is 92.8 Å². The molecule has 2 aromatic carbocycles. The number of esters is 1. The zero-order chi connectivity index (χ0) is 20.3. The van der Waals surface area contributed by atoms with Gasteiger partial charge in [-0.05, 0) is 36.8 Å². The molecule has 3 rings (SSSR count). The Morgan fingerprint density at radius 2 is 1.82 bits per heavy atom. The molecule has 0 fully saturated rings. The second kappa shape index (κ2) is 7.87. The lowest BCUT2D eigenvalue weighted by Crippen LogP contribution is -2.29.